The van der Waals surface area contributed by atoms with Crippen LogP contribution in [-0.4, -0.2) is 57.7 Å². The first-order chi connectivity index (χ1) is 9.73. The lowest BCUT2D eigenvalue weighted by atomic mass is 10.0. The number of nitrogens with zero attached hydrogens (tertiary/aromatic N) is 2. The minimum absolute atomic E-state index is 0.0524. The van der Waals surface area contributed by atoms with Crippen molar-refractivity contribution < 1.29 is 9.90 Å². The molecule has 2 saturated heterocycles. The largest absolute Gasteiger partial charge is 0.396 e. The number of carbonyl (C=O) groups excluding carboxylic acids is 1. The average molecular weight is 292 g/mol. The minimum Gasteiger partial charge on any atom is -0.396 e. The number of rotatable bonds is 4. The highest BCUT2D eigenvalue weighted by Gasteiger charge is 2.52. The van der Waals surface area contributed by atoms with Crippen molar-refractivity contribution in [2.75, 3.05) is 32.0 Å². The molecule has 0 unspecified atom stereocenters. The van der Waals surface area contributed by atoms with E-state index >= 15 is 0 Å². The molecule has 0 atom stereocenters. The summed E-state index contributed by atoms with van der Waals surface area (Å²) in [7, 11) is 0. The van der Waals surface area contributed by atoms with Gasteiger partial charge in [0.15, 0.2) is 0 Å². The van der Waals surface area contributed by atoms with E-state index in [9.17, 15) is 4.79 Å². The topological polar surface area (TPSA) is 43.8 Å². The highest BCUT2D eigenvalue weighted by molar-refractivity contribution is 8.01. The van der Waals surface area contributed by atoms with E-state index in [0.29, 0.717) is 0 Å². The van der Waals surface area contributed by atoms with Crippen LogP contribution < -0.4 is 0 Å². The quantitative estimate of drug-likeness (QED) is 0.904. The van der Waals surface area contributed by atoms with Gasteiger partial charge >= 0.3 is 0 Å². The van der Waals surface area contributed by atoms with Crippen LogP contribution in [0.3, 0.4) is 0 Å². The van der Waals surface area contributed by atoms with Crippen LogP contribution in [0, 0.1) is 0 Å². The molecule has 2 aliphatic heterocycles. The molecule has 2 aliphatic rings. The summed E-state index contributed by atoms with van der Waals surface area (Å²) in [4.78, 5) is 16.2. The van der Waals surface area contributed by atoms with E-state index in [0.717, 1.165) is 31.9 Å². The molecule has 0 saturated carbocycles. The van der Waals surface area contributed by atoms with Crippen LogP contribution in [-0.2, 0) is 11.3 Å². The molecule has 2 fully saturated rings. The van der Waals surface area contributed by atoms with Gasteiger partial charge in [-0.3, -0.25) is 9.69 Å². The smallest absolute Gasteiger partial charge is 0.225 e. The Morgan fingerprint density at radius 1 is 1.30 bits per heavy atom. The summed E-state index contributed by atoms with van der Waals surface area (Å²) < 4.78 is 0. The number of aliphatic hydroxyl groups excluding tert-OH is 1. The Bertz CT molecular complexity index is 474. The van der Waals surface area contributed by atoms with Gasteiger partial charge in [0.25, 0.3) is 0 Å². The first-order valence-electron chi connectivity index (χ1n) is 7.05. The van der Waals surface area contributed by atoms with Crippen LogP contribution >= 0.6 is 11.8 Å². The molecule has 1 aromatic rings. The summed E-state index contributed by atoms with van der Waals surface area (Å²) in [5, 5.41) is 8.85. The van der Waals surface area contributed by atoms with Gasteiger partial charge in [0.2, 0.25) is 5.91 Å². The van der Waals surface area contributed by atoms with E-state index in [4.69, 9.17) is 5.11 Å². The zero-order valence-electron chi connectivity index (χ0n) is 11.5. The lowest BCUT2D eigenvalue weighted by Gasteiger charge is -2.52. The summed E-state index contributed by atoms with van der Waals surface area (Å²) >= 11 is 1.97. The molecule has 0 bridgehead atoms. The molecule has 1 N–H and O–H groups in total. The third-order valence-corrected chi connectivity index (χ3v) is 5.52. The molecule has 108 valence electrons. The van der Waals surface area contributed by atoms with E-state index in [-0.39, 0.29) is 23.8 Å². The number of likely N-dealkylation sites (tertiary alicyclic amines) is 1. The van der Waals surface area contributed by atoms with Crippen LogP contribution in [0.5, 0.6) is 0 Å². The fraction of sp³-hybridized carbons (Fsp3) is 0.533. The van der Waals surface area contributed by atoms with Crippen molar-refractivity contribution >= 4 is 17.7 Å². The molecule has 1 aromatic carbocycles. The number of carbonyl (C=O) groups is 1. The molecule has 0 radical (unpaired) electrons. The lowest BCUT2D eigenvalue weighted by Crippen LogP contribution is -2.67. The van der Waals surface area contributed by atoms with Crippen LogP contribution in [0.1, 0.15) is 12.0 Å². The Morgan fingerprint density at radius 3 is 2.75 bits per heavy atom. The van der Waals surface area contributed by atoms with E-state index in [1.54, 1.807) is 0 Å². The molecule has 4 nitrogen and oxygen atoms in total. The van der Waals surface area contributed by atoms with Gasteiger partial charge in [-0.25, -0.2) is 0 Å². The van der Waals surface area contributed by atoms with E-state index < -0.39 is 0 Å². The van der Waals surface area contributed by atoms with E-state index in [2.05, 4.69) is 29.2 Å². The van der Waals surface area contributed by atoms with Crippen molar-refractivity contribution in [2.24, 2.45) is 0 Å². The Kier molecular flexibility index (Phi) is 4.01. The Morgan fingerprint density at radius 2 is 2.05 bits per heavy atom. The number of hydrogen-bond donors (Lipinski definition) is 1. The third-order valence-electron chi connectivity index (χ3n) is 4.08. The summed E-state index contributed by atoms with van der Waals surface area (Å²) in [5.74, 6) is 1.21. The normalized spacial score (nSPS) is 21.1. The molecule has 3 rings (SSSR count). The fourth-order valence-electron chi connectivity index (χ4n) is 2.94. The number of amides is 1. The van der Waals surface area contributed by atoms with Gasteiger partial charge in [0.1, 0.15) is 4.87 Å². The van der Waals surface area contributed by atoms with Crippen molar-refractivity contribution in [3.63, 3.8) is 0 Å². The van der Waals surface area contributed by atoms with Gasteiger partial charge in [-0.15, -0.1) is 11.8 Å². The molecule has 20 heavy (non-hydrogen) atoms. The van der Waals surface area contributed by atoms with Gasteiger partial charge in [0, 0.05) is 25.3 Å². The van der Waals surface area contributed by atoms with Crippen LogP contribution in [0.15, 0.2) is 30.3 Å². The fourth-order valence-corrected chi connectivity index (χ4v) is 4.46. The zero-order chi connectivity index (χ0) is 14.0. The van der Waals surface area contributed by atoms with Crippen molar-refractivity contribution in [3.05, 3.63) is 35.9 Å². The highest BCUT2D eigenvalue weighted by atomic mass is 32.2. The number of aliphatic hydroxyl groups is 1. The Hall–Kier alpha value is -1.04. The zero-order valence-corrected chi connectivity index (χ0v) is 12.3. The predicted octanol–water partition coefficient (Wildman–Crippen LogP) is 1.16. The average Bonchev–Trinajstić information content (AvgIpc) is 2.82. The van der Waals surface area contributed by atoms with Gasteiger partial charge in [-0.2, -0.15) is 0 Å². The predicted molar refractivity (Wildman–Crippen MR) is 80.3 cm³/mol. The molecule has 1 spiro atoms. The van der Waals surface area contributed by atoms with Gasteiger partial charge in [0.05, 0.1) is 19.7 Å². The van der Waals surface area contributed by atoms with Crippen molar-refractivity contribution in [2.45, 2.75) is 17.8 Å². The van der Waals surface area contributed by atoms with Crippen LogP contribution in [0.2, 0.25) is 0 Å². The summed E-state index contributed by atoms with van der Waals surface area (Å²) in [6, 6.07) is 10.5. The maximum absolute atomic E-state index is 11.8. The SMILES string of the molecule is O=C(CCO)N1CC2(C1)SCCN2Cc1ccccc1. The van der Waals surface area contributed by atoms with Crippen molar-refractivity contribution in [3.8, 4) is 0 Å². The lowest BCUT2D eigenvalue weighted by molar-refractivity contribution is -0.140. The monoisotopic (exact) mass is 292 g/mol. The summed E-state index contributed by atoms with van der Waals surface area (Å²) in [6.45, 7) is 3.58. The van der Waals surface area contributed by atoms with Crippen LogP contribution in [0.4, 0.5) is 0 Å². The first-order valence-corrected chi connectivity index (χ1v) is 8.04. The van der Waals surface area contributed by atoms with E-state index in [1.165, 1.54) is 5.56 Å². The number of benzene rings is 1. The molecule has 1 amide bonds. The Balaban J connectivity index is 1.61. The van der Waals surface area contributed by atoms with E-state index in [1.807, 2.05) is 22.7 Å². The summed E-state index contributed by atoms with van der Waals surface area (Å²) in [6.07, 6.45) is 0.249. The van der Waals surface area contributed by atoms with Crippen LogP contribution in [0.25, 0.3) is 0 Å². The highest BCUT2D eigenvalue weighted by Crippen LogP contribution is 2.43. The first kappa shape index (κ1) is 13.9. The second kappa shape index (κ2) is 5.76. The molecule has 0 aliphatic carbocycles. The number of hydrogen-bond acceptors (Lipinski definition) is 4. The second-order valence-corrected chi connectivity index (χ2v) is 6.88. The van der Waals surface area contributed by atoms with Gasteiger partial charge in [-0.1, -0.05) is 30.3 Å². The second-order valence-electron chi connectivity index (χ2n) is 5.43. The number of thioether (sulfide) groups is 1. The Labute approximate surface area is 123 Å². The van der Waals surface area contributed by atoms with Crippen molar-refractivity contribution in [1.82, 2.24) is 9.80 Å². The minimum atomic E-state index is -0.0524. The summed E-state index contributed by atoms with van der Waals surface area (Å²) in [5.41, 5.74) is 1.33. The maximum Gasteiger partial charge on any atom is 0.225 e. The molecular formula is C15H20N2O2S. The van der Waals surface area contributed by atoms with Gasteiger partial charge < -0.3 is 10.0 Å². The molecular weight excluding hydrogens is 272 g/mol. The molecule has 2 heterocycles. The standard InChI is InChI=1S/C15H20N2O2S/c18-8-6-14(19)16-11-15(12-16)17(7-9-20-15)10-13-4-2-1-3-5-13/h1-5,18H,6-12H2. The molecule has 5 heteroatoms. The third kappa shape index (κ3) is 2.57. The maximum atomic E-state index is 11.8. The van der Waals surface area contributed by atoms with Crippen molar-refractivity contribution in [1.29, 1.82) is 0 Å². The van der Waals surface area contributed by atoms with Gasteiger partial charge in [-0.05, 0) is 5.56 Å². The molecule has 0 aromatic heterocycles.